The average molecular weight is 526 g/mol. The van der Waals surface area contributed by atoms with Crippen LogP contribution in [-0.2, 0) is 0 Å². The number of para-hydroxylation sites is 1. The molecule has 6 N–H and O–H groups in total. The summed E-state index contributed by atoms with van der Waals surface area (Å²) in [7, 11) is 0. The van der Waals surface area contributed by atoms with Crippen LogP contribution in [0, 0.1) is 5.82 Å². The van der Waals surface area contributed by atoms with Crippen LogP contribution in [0.1, 0.15) is 33.7 Å². The first-order valence-corrected chi connectivity index (χ1v) is 12.6. The van der Waals surface area contributed by atoms with Crippen molar-refractivity contribution in [1.29, 1.82) is 0 Å². The average Bonchev–Trinajstić information content (AvgIpc) is 2.94. The van der Waals surface area contributed by atoms with E-state index in [9.17, 15) is 14.0 Å². The number of halogens is 1. The van der Waals surface area contributed by atoms with Crippen LogP contribution < -0.4 is 27.0 Å². The maximum atomic E-state index is 14.9. The number of pyridine rings is 2. The molecule has 10 heteroatoms. The van der Waals surface area contributed by atoms with Gasteiger partial charge in [-0.15, -0.1) is 0 Å². The van der Waals surface area contributed by atoms with Crippen molar-refractivity contribution in [2.45, 2.75) is 18.9 Å². The number of hydrogen-bond acceptors (Lipinski definition) is 7. The molecule has 1 fully saturated rings. The second-order valence-corrected chi connectivity index (χ2v) is 9.34. The molecule has 0 unspecified atom stereocenters. The highest BCUT2D eigenvalue weighted by Crippen LogP contribution is 2.29. The van der Waals surface area contributed by atoms with Crippen molar-refractivity contribution in [1.82, 2.24) is 9.97 Å². The van der Waals surface area contributed by atoms with Gasteiger partial charge in [0, 0.05) is 42.1 Å². The van der Waals surface area contributed by atoms with Crippen LogP contribution in [0.2, 0.25) is 0 Å². The fraction of sp³-hybridized carbons (Fsp3) is 0.172. The van der Waals surface area contributed by atoms with Gasteiger partial charge in [0.25, 0.3) is 11.8 Å². The maximum Gasteiger partial charge on any atom is 0.276 e. The molecule has 0 aliphatic carbocycles. The number of rotatable bonds is 6. The predicted octanol–water partition coefficient (Wildman–Crippen LogP) is 4.30. The Hall–Kier alpha value is -4.83. The zero-order valence-corrected chi connectivity index (χ0v) is 21.1. The van der Waals surface area contributed by atoms with Crippen molar-refractivity contribution in [3.8, 4) is 11.3 Å². The minimum atomic E-state index is -0.592. The van der Waals surface area contributed by atoms with E-state index in [1.807, 2.05) is 12.1 Å². The molecule has 4 aromatic rings. The number of carbonyl (C=O) groups is 2. The predicted molar refractivity (Wildman–Crippen MR) is 150 cm³/mol. The number of nitrogens with one attached hydrogen (secondary N) is 2. The molecule has 5 rings (SSSR count). The third-order valence-electron chi connectivity index (χ3n) is 6.52. The van der Waals surface area contributed by atoms with E-state index in [0.717, 1.165) is 25.1 Å². The SMILES string of the molecule is Nc1ccc(-c2cc(C(=O)Nc3ccccc3)ccc2F)nc1C(=O)Nc1cnccc1N1CCC[C@H](N)C1. The number of anilines is 4. The van der Waals surface area contributed by atoms with E-state index in [-0.39, 0.29) is 34.2 Å². The number of nitrogen functional groups attached to an aromatic ring is 1. The molecule has 1 atom stereocenters. The summed E-state index contributed by atoms with van der Waals surface area (Å²) in [5.74, 6) is -1.56. The van der Waals surface area contributed by atoms with Gasteiger partial charge in [-0.25, -0.2) is 9.37 Å². The van der Waals surface area contributed by atoms with Crippen LogP contribution in [0.5, 0.6) is 0 Å². The van der Waals surface area contributed by atoms with Crippen molar-refractivity contribution in [3.63, 3.8) is 0 Å². The second kappa shape index (κ2) is 11.3. The first kappa shape index (κ1) is 25.8. The minimum Gasteiger partial charge on any atom is -0.397 e. The topological polar surface area (TPSA) is 139 Å². The lowest BCUT2D eigenvalue weighted by Crippen LogP contribution is -2.43. The maximum absolute atomic E-state index is 14.9. The lowest BCUT2D eigenvalue weighted by Gasteiger charge is -2.33. The summed E-state index contributed by atoms with van der Waals surface area (Å²) in [5, 5.41) is 5.62. The molecule has 0 bridgehead atoms. The monoisotopic (exact) mass is 525 g/mol. The molecule has 1 aliphatic rings. The molecular weight excluding hydrogens is 497 g/mol. The van der Waals surface area contributed by atoms with E-state index in [1.54, 1.807) is 36.7 Å². The summed E-state index contributed by atoms with van der Waals surface area (Å²) in [5.41, 5.74) is 14.7. The lowest BCUT2D eigenvalue weighted by molar-refractivity contribution is 0.101. The molecule has 9 nitrogen and oxygen atoms in total. The molecule has 2 amide bonds. The zero-order chi connectivity index (χ0) is 27.4. The highest BCUT2D eigenvalue weighted by atomic mass is 19.1. The Bertz CT molecular complexity index is 1510. The summed E-state index contributed by atoms with van der Waals surface area (Å²) < 4.78 is 14.9. The number of aromatic nitrogens is 2. The van der Waals surface area contributed by atoms with E-state index in [4.69, 9.17) is 11.5 Å². The molecule has 1 aliphatic heterocycles. The van der Waals surface area contributed by atoms with E-state index >= 15 is 0 Å². The Morgan fingerprint density at radius 3 is 2.62 bits per heavy atom. The van der Waals surface area contributed by atoms with Gasteiger partial charge in [0.2, 0.25) is 0 Å². The Labute approximate surface area is 225 Å². The highest BCUT2D eigenvalue weighted by Gasteiger charge is 2.22. The van der Waals surface area contributed by atoms with Crippen LogP contribution in [0.25, 0.3) is 11.3 Å². The van der Waals surface area contributed by atoms with E-state index < -0.39 is 17.6 Å². The summed E-state index contributed by atoms with van der Waals surface area (Å²) in [6.45, 7) is 1.47. The molecule has 39 heavy (non-hydrogen) atoms. The van der Waals surface area contributed by atoms with Crippen LogP contribution in [0.3, 0.4) is 0 Å². The number of hydrogen-bond donors (Lipinski definition) is 4. The summed E-state index contributed by atoms with van der Waals surface area (Å²) in [4.78, 5) is 36.7. The molecular formula is C29H28FN7O2. The Morgan fingerprint density at radius 2 is 1.82 bits per heavy atom. The minimum absolute atomic E-state index is 0.0462. The van der Waals surface area contributed by atoms with E-state index in [1.165, 1.54) is 30.3 Å². The number of amides is 2. The van der Waals surface area contributed by atoms with Crippen molar-refractivity contribution in [2.75, 3.05) is 34.4 Å². The number of nitrogens with zero attached hydrogens (tertiary/aromatic N) is 3. The van der Waals surface area contributed by atoms with Gasteiger partial charge < -0.3 is 27.0 Å². The van der Waals surface area contributed by atoms with Gasteiger partial charge in [-0.3, -0.25) is 14.6 Å². The molecule has 2 aromatic heterocycles. The van der Waals surface area contributed by atoms with Gasteiger partial charge in [0.1, 0.15) is 5.82 Å². The molecule has 2 aromatic carbocycles. The highest BCUT2D eigenvalue weighted by molar-refractivity contribution is 6.08. The van der Waals surface area contributed by atoms with Crippen LogP contribution in [0.15, 0.2) is 79.1 Å². The van der Waals surface area contributed by atoms with Crippen molar-refractivity contribution in [2.24, 2.45) is 5.73 Å². The van der Waals surface area contributed by atoms with Gasteiger partial charge >= 0.3 is 0 Å². The van der Waals surface area contributed by atoms with E-state index in [2.05, 4.69) is 25.5 Å². The number of nitrogens with two attached hydrogens (primary N) is 2. The fourth-order valence-corrected chi connectivity index (χ4v) is 4.56. The van der Waals surface area contributed by atoms with Crippen LogP contribution >= 0.6 is 0 Å². The molecule has 0 spiro atoms. The van der Waals surface area contributed by atoms with Gasteiger partial charge in [0.15, 0.2) is 5.69 Å². The fourth-order valence-electron chi connectivity index (χ4n) is 4.56. The Balaban J connectivity index is 1.40. The zero-order valence-electron chi connectivity index (χ0n) is 21.1. The van der Waals surface area contributed by atoms with Crippen molar-refractivity contribution >= 4 is 34.6 Å². The Kier molecular flexibility index (Phi) is 7.46. The normalized spacial score (nSPS) is 15.0. The summed E-state index contributed by atoms with van der Waals surface area (Å²) in [6.07, 6.45) is 5.10. The first-order valence-electron chi connectivity index (χ1n) is 12.6. The lowest BCUT2D eigenvalue weighted by atomic mass is 10.0. The van der Waals surface area contributed by atoms with E-state index in [0.29, 0.717) is 17.9 Å². The third kappa shape index (κ3) is 5.86. The van der Waals surface area contributed by atoms with Gasteiger partial charge in [-0.05, 0) is 61.4 Å². The number of benzene rings is 2. The van der Waals surface area contributed by atoms with Crippen LogP contribution in [-0.4, -0.2) is 40.9 Å². The van der Waals surface area contributed by atoms with Crippen molar-refractivity contribution in [3.05, 3.63) is 96.2 Å². The third-order valence-corrected chi connectivity index (χ3v) is 6.52. The molecule has 3 heterocycles. The van der Waals surface area contributed by atoms with Crippen molar-refractivity contribution < 1.29 is 14.0 Å². The second-order valence-electron chi connectivity index (χ2n) is 9.34. The molecule has 198 valence electrons. The summed E-state index contributed by atoms with van der Waals surface area (Å²) in [6, 6.07) is 17.8. The number of carbonyl (C=O) groups excluding carboxylic acids is 2. The van der Waals surface area contributed by atoms with Gasteiger partial charge in [-0.2, -0.15) is 0 Å². The van der Waals surface area contributed by atoms with Gasteiger partial charge in [-0.1, -0.05) is 18.2 Å². The molecule has 0 saturated carbocycles. The standard InChI is InChI=1S/C29H28FN7O2/c30-22-9-8-18(28(38)34-20-6-2-1-3-7-20)15-21(22)24-11-10-23(32)27(35-24)29(39)36-25-16-33-13-12-26(25)37-14-4-5-19(31)17-37/h1-3,6-13,15-16,19H,4-5,14,17,31-32H2,(H,34,38)(H,36,39)/t19-/m0/s1. The number of piperidine rings is 1. The Morgan fingerprint density at radius 1 is 1.00 bits per heavy atom. The summed E-state index contributed by atoms with van der Waals surface area (Å²) >= 11 is 0. The smallest absolute Gasteiger partial charge is 0.276 e. The van der Waals surface area contributed by atoms with Crippen LogP contribution in [0.4, 0.5) is 27.1 Å². The quantitative estimate of drug-likeness (QED) is 0.294. The van der Waals surface area contributed by atoms with Gasteiger partial charge in [0.05, 0.1) is 29.0 Å². The molecule has 0 radical (unpaired) electrons. The largest absolute Gasteiger partial charge is 0.397 e. The first-order chi connectivity index (χ1) is 18.9. The molecule has 1 saturated heterocycles.